The summed E-state index contributed by atoms with van der Waals surface area (Å²) in [7, 11) is 0. The molecule has 0 saturated carbocycles. The molecule has 7 nitrogen and oxygen atoms in total. The van der Waals surface area contributed by atoms with E-state index in [4.69, 9.17) is 19.9 Å². The molecule has 2 N–H and O–H groups in total. The van der Waals surface area contributed by atoms with Crippen molar-refractivity contribution in [3.8, 4) is 11.5 Å². The zero-order chi connectivity index (χ0) is 28.6. The lowest BCUT2D eigenvalue weighted by molar-refractivity contribution is -0.151. The Balaban J connectivity index is 0.00000260. The second kappa shape index (κ2) is 16.8. The van der Waals surface area contributed by atoms with E-state index in [1.165, 1.54) is 6.07 Å². The van der Waals surface area contributed by atoms with Crippen molar-refractivity contribution in [1.82, 2.24) is 0 Å². The third-order valence-corrected chi connectivity index (χ3v) is 5.69. The summed E-state index contributed by atoms with van der Waals surface area (Å²) < 4.78 is 16.8. The van der Waals surface area contributed by atoms with Crippen LogP contribution in [0.5, 0.6) is 11.5 Å². The monoisotopic (exact) mass is 533 g/mol. The molecule has 0 radical (unpaired) electrons. The minimum atomic E-state index is -0.897. The Kier molecular flexibility index (Phi) is 13.4. The van der Waals surface area contributed by atoms with Crippen LogP contribution < -0.4 is 15.2 Å². The Morgan fingerprint density at radius 3 is 1.69 bits per heavy atom. The average Bonchev–Trinajstić information content (AvgIpc) is 2.96. The molecule has 3 rings (SSSR count). The van der Waals surface area contributed by atoms with E-state index < -0.39 is 23.9 Å². The van der Waals surface area contributed by atoms with Gasteiger partial charge in [0.1, 0.15) is 12.1 Å². The maximum absolute atomic E-state index is 12.7. The van der Waals surface area contributed by atoms with Crippen molar-refractivity contribution in [2.45, 2.75) is 71.9 Å². The molecule has 7 heteroatoms. The predicted molar refractivity (Wildman–Crippen MR) is 152 cm³/mol. The van der Waals surface area contributed by atoms with E-state index in [9.17, 15) is 14.4 Å². The molecule has 0 saturated heterocycles. The number of esters is 3. The molecule has 0 bridgehead atoms. The molecule has 0 aliphatic carbocycles. The van der Waals surface area contributed by atoms with E-state index in [1.807, 2.05) is 27.7 Å². The first-order chi connectivity index (χ1) is 18.9. The third-order valence-electron chi connectivity index (χ3n) is 5.69. The van der Waals surface area contributed by atoms with Gasteiger partial charge in [-0.3, -0.25) is 4.79 Å². The van der Waals surface area contributed by atoms with Gasteiger partial charge < -0.3 is 19.9 Å². The predicted octanol–water partition coefficient (Wildman–Crippen LogP) is 6.53. The molecular weight excluding hydrogens is 494 g/mol. The molecule has 39 heavy (non-hydrogen) atoms. The van der Waals surface area contributed by atoms with E-state index in [0.717, 1.165) is 25.7 Å². The number of carbonyl (C=O) groups excluding carboxylic acids is 3. The lowest BCUT2D eigenvalue weighted by Crippen LogP contribution is -2.36. The first-order valence-electron chi connectivity index (χ1n) is 13.5. The Hall–Kier alpha value is -3.97. The average molecular weight is 534 g/mol. The summed E-state index contributed by atoms with van der Waals surface area (Å²) in [6.07, 6.45) is 3.39. The van der Waals surface area contributed by atoms with Crippen molar-refractivity contribution >= 4 is 17.9 Å². The van der Waals surface area contributed by atoms with Gasteiger partial charge in [-0.1, -0.05) is 83.0 Å². The van der Waals surface area contributed by atoms with Gasteiger partial charge in [0.2, 0.25) is 0 Å². The molecule has 1 atom stereocenters. The zero-order valence-corrected chi connectivity index (χ0v) is 23.2. The number of ether oxygens (including phenoxy) is 3. The van der Waals surface area contributed by atoms with Crippen LogP contribution in [0.4, 0.5) is 0 Å². The third kappa shape index (κ3) is 10.0. The summed E-state index contributed by atoms with van der Waals surface area (Å²) >= 11 is 0. The first-order valence-corrected chi connectivity index (χ1v) is 13.5. The molecule has 0 aromatic heterocycles. The van der Waals surface area contributed by atoms with Crippen LogP contribution in [0.3, 0.4) is 0 Å². The van der Waals surface area contributed by atoms with Crippen LogP contribution in [0.25, 0.3) is 0 Å². The van der Waals surface area contributed by atoms with Crippen LogP contribution in [0.1, 0.15) is 79.7 Å². The van der Waals surface area contributed by atoms with Crippen LogP contribution in [-0.2, 0) is 16.0 Å². The maximum Gasteiger partial charge on any atom is 0.343 e. The summed E-state index contributed by atoms with van der Waals surface area (Å²) in [5.74, 6) is -1.56. The Labute approximate surface area is 231 Å². The van der Waals surface area contributed by atoms with Crippen LogP contribution >= 0.6 is 0 Å². The van der Waals surface area contributed by atoms with Gasteiger partial charge in [-0.15, -0.1) is 0 Å². The van der Waals surface area contributed by atoms with Gasteiger partial charge in [0.05, 0.1) is 11.1 Å². The van der Waals surface area contributed by atoms with Crippen molar-refractivity contribution in [3.05, 3.63) is 95.6 Å². The second-order valence-corrected chi connectivity index (χ2v) is 8.74. The van der Waals surface area contributed by atoms with Gasteiger partial charge in [0, 0.05) is 0 Å². The highest BCUT2D eigenvalue weighted by Crippen LogP contribution is 2.31. The maximum atomic E-state index is 12.7. The van der Waals surface area contributed by atoms with E-state index >= 15 is 0 Å². The first kappa shape index (κ1) is 31.2. The van der Waals surface area contributed by atoms with Gasteiger partial charge in [-0.05, 0) is 61.2 Å². The molecule has 0 heterocycles. The van der Waals surface area contributed by atoms with Crippen molar-refractivity contribution < 1.29 is 28.6 Å². The Bertz CT molecular complexity index is 1170. The summed E-state index contributed by atoms with van der Waals surface area (Å²) in [5, 5.41) is 0. The molecule has 0 aliphatic heterocycles. The molecule has 0 fully saturated rings. The molecule has 0 spiro atoms. The van der Waals surface area contributed by atoms with E-state index in [2.05, 4.69) is 0 Å². The fourth-order valence-corrected chi connectivity index (χ4v) is 3.80. The number of carbonyl (C=O) groups is 3. The van der Waals surface area contributed by atoms with E-state index in [0.29, 0.717) is 16.7 Å². The number of benzene rings is 3. The lowest BCUT2D eigenvalue weighted by atomic mass is 10.1. The fraction of sp³-hybridized carbons (Fsp3) is 0.344. The van der Waals surface area contributed by atoms with Crippen LogP contribution in [0.15, 0.2) is 78.9 Å². The van der Waals surface area contributed by atoms with E-state index in [1.54, 1.807) is 72.8 Å². The highest BCUT2D eigenvalue weighted by atomic mass is 16.6. The SMILES string of the molecule is CC.CCCC(CCC)OC(=O)[C@@H](N)Cc1ccc(OC(=O)c2ccccc2)c(OC(=O)c2ccccc2)c1. The van der Waals surface area contributed by atoms with Gasteiger partial charge in [0.15, 0.2) is 11.5 Å². The van der Waals surface area contributed by atoms with Gasteiger partial charge >= 0.3 is 17.9 Å². The molecule has 0 aliphatic rings. The lowest BCUT2D eigenvalue weighted by Gasteiger charge is -2.20. The molecular formula is C32H39NO6. The molecule has 0 amide bonds. The fourth-order valence-electron chi connectivity index (χ4n) is 3.80. The topological polar surface area (TPSA) is 105 Å². The standard InChI is InChI=1S/C30H33NO6.C2H6/c1-3-11-24(12-4-2)35-30(34)25(31)19-21-17-18-26(36-28(32)22-13-7-5-8-14-22)27(20-21)37-29(33)23-15-9-6-10-16-23;1-2/h5-10,13-18,20,24-25H,3-4,11-12,19,31H2,1-2H3;1-2H3/t25-;/m0./s1. The summed E-state index contributed by atoms with van der Waals surface area (Å²) in [4.78, 5) is 38.0. The summed E-state index contributed by atoms with van der Waals surface area (Å²) in [6.45, 7) is 8.09. The number of nitrogens with two attached hydrogens (primary N) is 1. The highest BCUT2D eigenvalue weighted by molar-refractivity contribution is 5.93. The number of hydrogen-bond donors (Lipinski definition) is 1. The molecule has 3 aromatic rings. The van der Waals surface area contributed by atoms with Gasteiger partial charge in [0.25, 0.3) is 0 Å². The van der Waals surface area contributed by atoms with Crippen molar-refractivity contribution in [2.24, 2.45) is 5.73 Å². The van der Waals surface area contributed by atoms with Crippen LogP contribution in [0, 0.1) is 0 Å². The quantitative estimate of drug-likeness (QED) is 0.208. The minimum absolute atomic E-state index is 0.0473. The second-order valence-electron chi connectivity index (χ2n) is 8.74. The van der Waals surface area contributed by atoms with Crippen LogP contribution in [-0.4, -0.2) is 30.1 Å². The largest absolute Gasteiger partial charge is 0.461 e. The molecule has 3 aromatic carbocycles. The van der Waals surface area contributed by atoms with Gasteiger partial charge in [-0.25, -0.2) is 9.59 Å². The smallest absolute Gasteiger partial charge is 0.343 e. The van der Waals surface area contributed by atoms with Crippen molar-refractivity contribution in [3.63, 3.8) is 0 Å². The number of hydrogen-bond acceptors (Lipinski definition) is 7. The number of rotatable bonds is 12. The van der Waals surface area contributed by atoms with Crippen molar-refractivity contribution in [1.29, 1.82) is 0 Å². The zero-order valence-electron chi connectivity index (χ0n) is 23.2. The Morgan fingerprint density at radius 1 is 0.718 bits per heavy atom. The van der Waals surface area contributed by atoms with Crippen LogP contribution in [0.2, 0.25) is 0 Å². The molecule has 0 unspecified atom stereocenters. The summed E-state index contributed by atoms with van der Waals surface area (Å²) in [6, 6.07) is 20.8. The highest BCUT2D eigenvalue weighted by Gasteiger charge is 2.22. The molecule has 208 valence electrons. The van der Waals surface area contributed by atoms with Crippen molar-refractivity contribution in [2.75, 3.05) is 0 Å². The minimum Gasteiger partial charge on any atom is -0.461 e. The van der Waals surface area contributed by atoms with Gasteiger partial charge in [-0.2, -0.15) is 0 Å². The Morgan fingerprint density at radius 2 is 1.21 bits per heavy atom. The van der Waals surface area contributed by atoms with E-state index in [-0.39, 0.29) is 24.0 Å². The summed E-state index contributed by atoms with van der Waals surface area (Å²) in [5.41, 5.74) is 7.48. The normalized spacial score (nSPS) is 11.1.